The Morgan fingerprint density at radius 3 is 2.39 bits per heavy atom. The Bertz CT molecular complexity index is 366. The van der Waals surface area contributed by atoms with Gasteiger partial charge in [-0.3, -0.25) is 4.79 Å². The maximum absolute atomic E-state index is 11.6. The molecule has 0 aromatic rings. The summed E-state index contributed by atoms with van der Waals surface area (Å²) in [6.45, 7) is 2.70. The van der Waals surface area contributed by atoms with Gasteiger partial charge in [-0.05, 0) is 38.5 Å². The molecule has 1 aliphatic heterocycles. The highest BCUT2D eigenvalue weighted by molar-refractivity contribution is 5.87. The molecular weight excluding hydrogens is 290 g/mol. The quantitative estimate of drug-likeness (QED) is 0.312. The summed E-state index contributed by atoms with van der Waals surface area (Å²) < 4.78 is 5.19. The van der Waals surface area contributed by atoms with Crippen LogP contribution in [0.1, 0.15) is 84.0 Å². The Kier molecular flexibility index (Phi) is 11.3. The normalized spacial score (nSPS) is 17.6. The van der Waals surface area contributed by atoms with Gasteiger partial charge >= 0.3 is 5.97 Å². The van der Waals surface area contributed by atoms with E-state index in [-0.39, 0.29) is 11.9 Å². The topological polar surface area (TPSA) is 55.4 Å². The third kappa shape index (κ3) is 10.1. The lowest BCUT2D eigenvalue weighted by Crippen LogP contribution is -2.34. The van der Waals surface area contributed by atoms with E-state index in [1.807, 2.05) is 0 Å². The Morgan fingerprint density at radius 2 is 1.74 bits per heavy atom. The van der Waals surface area contributed by atoms with E-state index in [0.717, 1.165) is 19.3 Å². The number of hydrogen-bond donors (Lipinski definition) is 1. The van der Waals surface area contributed by atoms with E-state index in [1.165, 1.54) is 44.9 Å². The number of rotatable bonds is 13. The summed E-state index contributed by atoms with van der Waals surface area (Å²) in [7, 11) is 0. The predicted molar refractivity (Wildman–Crippen MR) is 93.1 cm³/mol. The first-order valence-corrected chi connectivity index (χ1v) is 9.35. The van der Waals surface area contributed by atoms with E-state index in [1.54, 1.807) is 0 Å². The summed E-state index contributed by atoms with van der Waals surface area (Å²) in [5, 5.41) is 2.63. The molecule has 0 spiro atoms. The molecule has 0 bridgehead atoms. The average molecular weight is 323 g/mol. The zero-order chi connectivity index (χ0) is 16.8. The third-order valence-electron chi connectivity index (χ3n) is 4.18. The molecule has 0 unspecified atom stereocenters. The molecule has 1 heterocycles. The first-order valence-electron chi connectivity index (χ1n) is 9.35. The molecule has 1 N–H and O–H groups in total. The van der Waals surface area contributed by atoms with Crippen molar-refractivity contribution >= 4 is 11.9 Å². The van der Waals surface area contributed by atoms with Crippen LogP contribution in [0.5, 0.6) is 0 Å². The van der Waals surface area contributed by atoms with Gasteiger partial charge in [0.2, 0.25) is 5.91 Å². The van der Waals surface area contributed by atoms with Crippen molar-refractivity contribution in [2.75, 3.05) is 6.61 Å². The zero-order valence-corrected chi connectivity index (χ0v) is 14.6. The van der Waals surface area contributed by atoms with Crippen LogP contribution < -0.4 is 5.32 Å². The van der Waals surface area contributed by atoms with Crippen LogP contribution in [0.25, 0.3) is 0 Å². The number of amides is 1. The van der Waals surface area contributed by atoms with Crippen LogP contribution >= 0.6 is 0 Å². The Morgan fingerprint density at radius 1 is 1.09 bits per heavy atom. The zero-order valence-electron chi connectivity index (χ0n) is 14.6. The van der Waals surface area contributed by atoms with Crippen LogP contribution in [-0.2, 0) is 14.3 Å². The maximum atomic E-state index is 11.6. The Hall–Kier alpha value is -1.32. The third-order valence-corrected chi connectivity index (χ3v) is 4.18. The van der Waals surface area contributed by atoms with Gasteiger partial charge in [-0.2, -0.15) is 0 Å². The molecule has 4 heteroatoms. The minimum Gasteiger partial charge on any atom is -0.464 e. The summed E-state index contributed by atoms with van der Waals surface area (Å²) in [6.07, 6.45) is 17.7. The first-order chi connectivity index (χ1) is 11.2. The largest absolute Gasteiger partial charge is 0.464 e. The van der Waals surface area contributed by atoms with Crippen molar-refractivity contribution in [3.05, 3.63) is 12.2 Å². The van der Waals surface area contributed by atoms with Crippen LogP contribution in [0.3, 0.4) is 0 Å². The highest BCUT2D eigenvalue weighted by atomic mass is 16.5. The maximum Gasteiger partial charge on any atom is 0.328 e. The fourth-order valence-corrected chi connectivity index (χ4v) is 2.71. The number of hydrogen-bond acceptors (Lipinski definition) is 3. The molecule has 1 rings (SSSR count). The van der Waals surface area contributed by atoms with Gasteiger partial charge in [0.1, 0.15) is 6.04 Å². The summed E-state index contributed by atoms with van der Waals surface area (Å²) in [5.41, 5.74) is 0. The summed E-state index contributed by atoms with van der Waals surface area (Å²) in [6, 6.07) is -0.417. The first kappa shape index (κ1) is 19.7. The molecule has 23 heavy (non-hydrogen) atoms. The van der Waals surface area contributed by atoms with E-state index in [4.69, 9.17) is 4.74 Å². The number of ether oxygens (including phenoxy) is 1. The molecular formula is C19H33NO3. The van der Waals surface area contributed by atoms with Crippen molar-refractivity contribution in [2.45, 2.75) is 90.0 Å². The van der Waals surface area contributed by atoms with Crippen molar-refractivity contribution in [1.82, 2.24) is 5.32 Å². The fraction of sp³-hybridized carbons (Fsp3) is 0.789. The van der Waals surface area contributed by atoms with Crippen LogP contribution in [0, 0.1) is 0 Å². The minimum atomic E-state index is -0.417. The monoisotopic (exact) mass is 323 g/mol. The molecule has 1 fully saturated rings. The molecule has 0 aromatic heterocycles. The van der Waals surface area contributed by atoms with Gasteiger partial charge in [-0.15, -0.1) is 0 Å². The Labute approximate surface area is 141 Å². The SMILES string of the molecule is CCCCCCCC/C=C/CCCCOC(=O)[C@@H]1CCC(=O)N1. The smallest absolute Gasteiger partial charge is 0.328 e. The lowest BCUT2D eigenvalue weighted by Gasteiger charge is -2.09. The van der Waals surface area contributed by atoms with Crippen LogP contribution in [-0.4, -0.2) is 24.5 Å². The minimum absolute atomic E-state index is 0.0533. The lowest BCUT2D eigenvalue weighted by atomic mass is 10.1. The van der Waals surface area contributed by atoms with Crippen molar-refractivity contribution in [2.24, 2.45) is 0 Å². The van der Waals surface area contributed by atoms with E-state index >= 15 is 0 Å². The highest BCUT2D eigenvalue weighted by Crippen LogP contribution is 2.09. The second kappa shape index (κ2) is 13.1. The average Bonchev–Trinajstić information content (AvgIpc) is 2.98. The van der Waals surface area contributed by atoms with Crippen molar-refractivity contribution in [3.8, 4) is 0 Å². The fourth-order valence-electron chi connectivity index (χ4n) is 2.71. The number of unbranched alkanes of at least 4 members (excludes halogenated alkanes) is 8. The van der Waals surface area contributed by atoms with Gasteiger partial charge in [0, 0.05) is 6.42 Å². The molecule has 4 nitrogen and oxygen atoms in total. The van der Waals surface area contributed by atoms with Crippen molar-refractivity contribution in [3.63, 3.8) is 0 Å². The Balaban J connectivity index is 1.84. The second-order valence-corrected chi connectivity index (χ2v) is 6.35. The van der Waals surface area contributed by atoms with Gasteiger partial charge in [0.15, 0.2) is 0 Å². The number of carbonyl (C=O) groups excluding carboxylic acids is 2. The summed E-state index contributed by atoms with van der Waals surface area (Å²) in [5.74, 6) is -0.336. The van der Waals surface area contributed by atoms with E-state index in [9.17, 15) is 9.59 Å². The number of allylic oxidation sites excluding steroid dienone is 2. The van der Waals surface area contributed by atoms with Gasteiger partial charge in [0.05, 0.1) is 6.61 Å². The van der Waals surface area contributed by atoms with Crippen molar-refractivity contribution < 1.29 is 14.3 Å². The van der Waals surface area contributed by atoms with E-state index in [0.29, 0.717) is 19.4 Å². The summed E-state index contributed by atoms with van der Waals surface area (Å²) in [4.78, 5) is 22.7. The van der Waals surface area contributed by atoms with Gasteiger partial charge in [-0.1, -0.05) is 51.2 Å². The standard InChI is InChI=1S/C19H33NO3/c1-2-3-4-5-6-7-8-9-10-11-12-13-16-23-19(22)17-14-15-18(21)20-17/h9-10,17H,2-8,11-16H2,1H3,(H,20,21)/b10-9+/t17-/m0/s1. The van der Waals surface area contributed by atoms with E-state index < -0.39 is 6.04 Å². The molecule has 0 radical (unpaired) electrons. The van der Waals surface area contributed by atoms with Gasteiger partial charge in [0.25, 0.3) is 0 Å². The lowest BCUT2D eigenvalue weighted by molar-refractivity contribution is -0.146. The number of esters is 1. The molecule has 1 amide bonds. The molecule has 1 atom stereocenters. The molecule has 1 aliphatic rings. The second-order valence-electron chi connectivity index (χ2n) is 6.35. The highest BCUT2D eigenvalue weighted by Gasteiger charge is 2.28. The van der Waals surface area contributed by atoms with Gasteiger partial charge in [-0.25, -0.2) is 4.79 Å². The van der Waals surface area contributed by atoms with Crippen LogP contribution in [0.4, 0.5) is 0 Å². The van der Waals surface area contributed by atoms with Gasteiger partial charge < -0.3 is 10.1 Å². The van der Waals surface area contributed by atoms with E-state index in [2.05, 4.69) is 24.4 Å². The number of carbonyl (C=O) groups is 2. The molecule has 0 saturated carbocycles. The van der Waals surface area contributed by atoms with Crippen molar-refractivity contribution in [1.29, 1.82) is 0 Å². The summed E-state index contributed by atoms with van der Waals surface area (Å²) >= 11 is 0. The molecule has 0 aliphatic carbocycles. The molecule has 0 aromatic carbocycles. The molecule has 132 valence electrons. The van der Waals surface area contributed by atoms with Crippen LogP contribution in [0.15, 0.2) is 12.2 Å². The number of nitrogens with one attached hydrogen (secondary N) is 1. The molecule has 1 saturated heterocycles. The van der Waals surface area contributed by atoms with Crippen LogP contribution in [0.2, 0.25) is 0 Å². The predicted octanol–water partition coefficient (Wildman–Crippen LogP) is 4.29.